The molecule has 202 valence electrons. The Morgan fingerprint density at radius 2 is 1.65 bits per heavy atom. The molecule has 0 amide bonds. The Morgan fingerprint density at radius 3 is 2.38 bits per heavy atom. The highest BCUT2D eigenvalue weighted by Crippen LogP contribution is 2.41. The number of rotatable bonds is 9. The number of carbonyl (C=O) groups excluding carboxylic acids is 2. The monoisotopic (exact) mass is 586 g/mol. The summed E-state index contributed by atoms with van der Waals surface area (Å²) < 4.78 is 8.31. The minimum atomic E-state index is -0.360. The minimum absolute atomic E-state index is 0.00304. The fraction of sp³-hybridized carbons (Fsp3) is 0.182. The number of hydrogen-bond acceptors (Lipinski definition) is 5. The lowest BCUT2D eigenvalue weighted by Crippen LogP contribution is -2.31. The van der Waals surface area contributed by atoms with Crippen molar-refractivity contribution in [3.05, 3.63) is 123 Å². The molecule has 0 bridgehead atoms. The number of hydrogen-bond donors (Lipinski definition) is 0. The van der Waals surface area contributed by atoms with Crippen molar-refractivity contribution >= 4 is 57.2 Å². The number of pyridine rings is 1. The molecule has 7 heteroatoms. The van der Waals surface area contributed by atoms with Crippen LogP contribution in [0.5, 0.6) is 0 Å². The van der Waals surface area contributed by atoms with Gasteiger partial charge in [-0.3, -0.25) is 9.59 Å². The van der Waals surface area contributed by atoms with E-state index < -0.39 is 0 Å². The summed E-state index contributed by atoms with van der Waals surface area (Å²) in [7, 11) is 0. The molecular weight excluding hydrogens is 558 g/mol. The third kappa shape index (κ3) is 5.99. The summed E-state index contributed by atoms with van der Waals surface area (Å²) in [6.07, 6.45) is 3.97. The third-order valence-corrected chi connectivity index (χ3v) is 9.52. The number of ether oxygens (including phenoxy) is 1. The highest BCUT2D eigenvalue weighted by atomic mass is 35.5. The molecule has 0 saturated carbocycles. The van der Waals surface area contributed by atoms with Gasteiger partial charge in [0.05, 0.1) is 23.5 Å². The molecule has 3 aromatic carbocycles. The minimum Gasteiger partial charge on any atom is -0.466 e. The van der Waals surface area contributed by atoms with E-state index in [1.807, 2.05) is 36.0 Å². The molecular formula is C33H29ClNO3S2+. The molecule has 0 atom stereocenters. The van der Waals surface area contributed by atoms with E-state index in [0.717, 1.165) is 21.2 Å². The maximum Gasteiger partial charge on any atom is 0.310 e. The SMILES string of the molecule is CCOC(=O)Cc1c(C(=O)c2ccc(Cl)cc2)sc(SCc2c(C)ccc3ccccc23)c1-[n+]1ccc(C)cc1. The van der Waals surface area contributed by atoms with E-state index in [2.05, 4.69) is 43.3 Å². The summed E-state index contributed by atoms with van der Waals surface area (Å²) in [6, 6.07) is 23.6. The molecule has 40 heavy (non-hydrogen) atoms. The zero-order valence-electron chi connectivity index (χ0n) is 22.6. The molecule has 0 aliphatic carbocycles. The van der Waals surface area contributed by atoms with Crippen molar-refractivity contribution in [1.29, 1.82) is 0 Å². The highest BCUT2D eigenvalue weighted by Gasteiger charge is 2.32. The van der Waals surface area contributed by atoms with E-state index >= 15 is 0 Å². The number of ketones is 1. The molecule has 0 radical (unpaired) electrons. The largest absolute Gasteiger partial charge is 0.466 e. The van der Waals surface area contributed by atoms with Crippen LogP contribution in [0.2, 0.25) is 5.02 Å². The predicted molar refractivity (Wildman–Crippen MR) is 164 cm³/mol. The summed E-state index contributed by atoms with van der Waals surface area (Å²) in [4.78, 5) is 27.2. The Hall–Kier alpha value is -3.45. The van der Waals surface area contributed by atoms with Gasteiger partial charge in [-0.15, -0.1) is 23.1 Å². The van der Waals surface area contributed by atoms with Crippen LogP contribution in [0, 0.1) is 13.8 Å². The van der Waals surface area contributed by atoms with Gasteiger partial charge in [-0.2, -0.15) is 4.57 Å². The molecule has 0 saturated heterocycles. The Kier molecular flexibility index (Phi) is 8.69. The number of esters is 1. The number of carbonyl (C=O) groups is 2. The van der Waals surface area contributed by atoms with Gasteiger partial charge >= 0.3 is 5.97 Å². The summed E-state index contributed by atoms with van der Waals surface area (Å²) in [5, 5.41) is 2.98. The van der Waals surface area contributed by atoms with Crippen LogP contribution >= 0.6 is 34.7 Å². The molecule has 0 unspecified atom stereocenters. The maximum atomic E-state index is 13.9. The maximum absolute atomic E-state index is 13.9. The van der Waals surface area contributed by atoms with Crippen LogP contribution in [-0.2, 0) is 21.7 Å². The molecule has 4 nitrogen and oxygen atoms in total. The van der Waals surface area contributed by atoms with E-state index in [-0.39, 0.29) is 24.8 Å². The van der Waals surface area contributed by atoms with Crippen LogP contribution in [0.1, 0.15) is 44.4 Å². The topological polar surface area (TPSA) is 47.3 Å². The Labute approximate surface area is 247 Å². The van der Waals surface area contributed by atoms with E-state index in [9.17, 15) is 9.59 Å². The predicted octanol–water partition coefficient (Wildman–Crippen LogP) is 8.08. The van der Waals surface area contributed by atoms with Gasteiger partial charge in [0.15, 0.2) is 12.4 Å². The molecule has 0 spiro atoms. The van der Waals surface area contributed by atoms with E-state index in [4.69, 9.17) is 16.3 Å². The van der Waals surface area contributed by atoms with Gasteiger partial charge in [-0.25, -0.2) is 0 Å². The molecule has 2 heterocycles. The van der Waals surface area contributed by atoms with Crippen LogP contribution in [0.15, 0.2) is 89.4 Å². The van der Waals surface area contributed by atoms with E-state index in [1.165, 1.54) is 33.2 Å². The Bertz CT molecular complexity index is 1690. The third-order valence-electron chi connectivity index (χ3n) is 6.76. The van der Waals surface area contributed by atoms with Crippen molar-refractivity contribution in [3.8, 4) is 5.69 Å². The number of aromatic nitrogens is 1. The van der Waals surface area contributed by atoms with Gasteiger partial charge in [0, 0.05) is 28.5 Å². The lowest BCUT2D eigenvalue weighted by atomic mass is 10.0. The lowest BCUT2D eigenvalue weighted by Gasteiger charge is -2.10. The van der Waals surface area contributed by atoms with Gasteiger partial charge in [0.2, 0.25) is 11.5 Å². The second-order valence-corrected chi connectivity index (χ2v) is 12.2. The van der Waals surface area contributed by atoms with Crippen molar-refractivity contribution in [2.24, 2.45) is 0 Å². The Morgan fingerprint density at radius 1 is 0.925 bits per heavy atom. The van der Waals surface area contributed by atoms with Gasteiger partial charge in [0.1, 0.15) is 4.21 Å². The molecule has 0 aliphatic heterocycles. The van der Waals surface area contributed by atoms with Gasteiger partial charge in [-0.1, -0.05) is 48.0 Å². The molecule has 5 aromatic rings. The zero-order chi connectivity index (χ0) is 28.2. The molecule has 0 aliphatic rings. The zero-order valence-corrected chi connectivity index (χ0v) is 25.0. The van der Waals surface area contributed by atoms with Crippen molar-refractivity contribution in [2.45, 2.75) is 37.2 Å². The fourth-order valence-corrected chi connectivity index (χ4v) is 7.48. The highest BCUT2D eigenvalue weighted by molar-refractivity contribution is 8.00. The summed E-state index contributed by atoms with van der Waals surface area (Å²) in [6.45, 7) is 6.23. The number of halogens is 1. The number of benzene rings is 3. The quantitative estimate of drug-likeness (QED) is 0.0758. The van der Waals surface area contributed by atoms with Crippen molar-refractivity contribution in [1.82, 2.24) is 0 Å². The van der Waals surface area contributed by atoms with Crippen LogP contribution < -0.4 is 4.57 Å². The average molecular weight is 587 g/mol. The van der Waals surface area contributed by atoms with Gasteiger partial charge < -0.3 is 4.74 Å². The molecule has 5 rings (SSSR count). The first kappa shape index (κ1) is 28.1. The van der Waals surface area contributed by atoms with Crippen LogP contribution in [0.3, 0.4) is 0 Å². The summed E-state index contributed by atoms with van der Waals surface area (Å²) >= 11 is 9.22. The first-order valence-corrected chi connectivity index (χ1v) is 15.2. The average Bonchev–Trinajstić information content (AvgIpc) is 3.30. The first-order valence-electron chi connectivity index (χ1n) is 13.1. The van der Waals surface area contributed by atoms with Gasteiger partial charge in [0.25, 0.3) is 0 Å². The van der Waals surface area contributed by atoms with Crippen molar-refractivity contribution < 1.29 is 18.9 Å². The van der Waals surface area contributed by atoms with Crippen LogP contribution in [0.25, 0.3) is 16.5 Å². The smallest absolute Gasteiger partial charge is 0.310 e. The molecule has 0 fully saturated rings. The number of nitrogens with zero attached hydrogens (tertiary/aromatic N) is 1. The van der Waals surface area contributed by atoms with Gasteiger partial charge in [-0.05, 0) is 72.5 Å². The lowest BCUT2D eigenvalue weighted by molar-refractivity contribution is -0.598. The van der Waals surface area contributed by atoms with E-state index in [0.29, 0.717) is 21.0 Å². The second kappa shape index (κ2) is 12.4. The second-order valence-electron chi connectivity index (χ2n) is 9.52. The van der Waals surface area contributed by atoms with Crippen molar-refractivity contribution in [2.75, 3.05) is 6.61 Å². The van der Waals surface area contributed by atoms with Crippen molar-refractivity contribution in [3.63, 3.8) is 0 Å². The van der Waals surface area contributed by atoms with Crippen LogP contribution in [0.4, 0.5) is 0 Å². The fourth-order valence-electron chi connectivity index (χ4n) is 4.65. The summed E-state index contributed by atoms with van der Waals surface area (Å²) in [5.74, 6) is 0.226. The Balaban J connectivity index is 1.65. The molecule has 0 N–H and O–H groups in total. The summed E-state index contributed by atoms with van der Waals surface area (Å²) in [5.41, 5.74) is 5.65. The first-order chi connectivity index (χ1) is 19.4. The van der Waals surface area contributed by atoms with Crippen LogP contribution in [-0.4, -0.2) is 18.4 Å². The normalized spacial score (nSPS) is 11.1. The number of thioether (sulfide) groups is 1. The standard InChI is InChI=1S/C33H29ClNO3S2/c1-4-38-29(36)19-27-30(35-17-15-21(2)16-18-35)33(40-32(27)31(37)24-11-13-25(34)14-12-24)39-20-28-22(3)9-10-23-7-5-6-8-26(23)28/h5-18H,4,19-20H2,1-3H3/q+1. The number of thiophene rings is 1. The van der Waals surface area contributed by atoms with E-state index in [1.54, 1.807) is 43.0 Å². The molecule has 2 aromatic heterocycles. The number of aryl methyl sites for hydroxylation is 2. The number of fused-ring (bicyclic) bond motifs is 1.